The molecular formula is C23H22N4O2. The first kappa shape index (κ1) is 18.8. The van der Waals surface area contributed by atoms with Crippen LogP contribution in [0.1, 0.15) is 22.5 Å². The van der Waals surface area contributed by atoms with Gasteiger partial charge in [0.25, 0.3) is 5.91 Å². The lowest BCUT2D eigenvalue weighted by molar-refractivity contribution is -0.126. The maximum atomic E-state index is 12.8. The number of nitrogens with zero attached hydrogens (tertiary/aromatic N) is 3. The predicted molar refractivity (Wildman–Crippen MR) is 110 cm³/mol. The van der Waals surface area contributed by atoms with Crippen molar-refractivity contribution < 1.29 is 9.59 Å². The highest BCUT2D eigenvalue weighted by molar-refractivity contribution is 5.93. The summed E-state index contributed by atoms with van der Waals surface area (Å²) in [5.41, 5.74) is 8.55. The summed E-state index contributed by atoms with van der Waals surface area (Å²) in [6.07, 6.45) is 5.46. The van der Waals surface area contributed by atoms with Gasteiger partial charge in [-0.15, -0.1) is 0 Å². The van der Waals surface area contributed by atoms with Crippen LogP contribution in [0, 0.1) is 5.41 Å². The van der Waals surface area contributed by atoms with Crippen molar-refractivity contribution in [3.05, 3.63) is 84.4 Å². The number of benzene rings is 2. The Balaban J connectivity index is 1.62. The molecule has 0 aliphatic carbocycles. The Kier molecular flexibility index (Phi) is 5.08. The molecule has 1 saturated heterocycles. The van der Waals surface area contributed by atoms with Crippen molar-refractivity contribution in [2.75, 3.05) is 13.1 Å². The summed E-state index contributed by atoms with van der Waals surface area (Å²) in [4.78, 5) is 35.0. The van der Waals surface area contributed by atoms with E-state index in [4.69, 9.17) is 5.73 Å². The Morgan fingerprint density at radius 1 is 1.03 bits per heavy atom. The number of aromatic nitrogens is 2. The van der Waals surface area contributed by atoms with Crippen molar-refractivity contribution in [1.82, 2.24) is 14.9 Å². The Labute approximate surface area is 169 Å². The number of hydrogen-bond donors (Lipinski definition) is 1. The maximum Gasteiger partial charge on any atom is 0.274 e. The third-order valence-electron chi connectivity index (χ3n) is 5.58. The fourth-order valence-electron chi connectivity index (χ4n) is 3.99. The van der Waals surface area contributed by atoms with Gasteiger partial charge < -0.3 is 10.6 Å². The molecule has 2 N–H and O–H groups in total. The second-order valence-electron chi connectivity index (χ2n) is 7.41. The minimum Gasteiger partial charge on any atom is -0.369 e. The van der Waals surface area contributed by atoms with Crippen molar-refractivity contribution in [1.29, 1.82) is 0 Å². The van der Waals surface area contributed by atoms with Crippen LogP contribution >= 0.6 is 0 Å². The molecule has 2 heterocycles. The molecule has 0 bridgehead atoms. The number of carbonyl (C=O) groups excluding carboxylic acids is 2. The molecule has 146 valence electrons. The Bertz CT molecular complexity index is 1020. The van der Waals surface area contributed by atoms with E-state index < -0.39 is 5.41 Å². The van der Waals surface area contributed by atoms with Crippen molar-refractivity contribution in [2.45, 2.75) is 12.8 Å². The highest BCUT2D eigenvalue weighted by Crippen LogP contribution is 2.37. The molecule has 0 radical (unpaired) electrons. The molecule has 4 rings (SSSR count). The number of primary amides is 1. The first-order valence-corrected chi connectivity index (χ1v) is 9.58. The van der Waals surface area contributed by atoms with E-state index in [2.05, 4.69) is 16.0 Å². The van der Waals surface area contributed by atoms with Crippen LogP contribution in [0.15, 0.2) is 73.2 Å². The number of amides is 2. The van der Waals surface area contributed by atoms with Crippen LogP contribution in [0.4, 0.5) is 0 Å². The molecule has 29 heavy (non-hydrogen) atoms. The van der Waals surface area contributed by atoms with Gasteiger partial charge in [-0.3, -0.25) is 14.6 Å². The van der Waals surface area contributed by atoms with Gasteiger partial charge in [0.2, 0.25) is 5.91 Å². The van der Waals surface area contributed by atoms with Crippen molar-refractivity contribution >= 4 is 11.8 Å². The number of likely N-dealkylation sites (tertiary alicyclic amines) is 1. The van der Waals surface area contributed by atoms with E-state index in [1.165, 1.54) is 18.6 Å². The number of hydrogen-bond acceptors (Lipinski definition) is 4. The minimum atomic E-state index is -0.803. The van der Waals surface area contributed by atoms with Crippen molar-refractivity contribution in [3.8, 4) is 11.1 Å². The van der Waals surface area contributed by atoms with Gasteiger partial charge in [-0.05, 0) is 29.5 Å². The van der Waals surface area contributed by atoms with Gasteiger partial charge in [0.1, 0.15) is 5.69 Å². The molecule has 0 saturated carbocycles. The smallest absolute Gasteiger partial charge is 0.274 e. The monoisotopic (exact) mass is 386 g/mol. The summed E-state index contributed by atoms with van der Waals surface area (Å²) in [6, 6.07) is 18.1. The zero-order valence-electron chi connectivity index (χ0n) is 16.0. The SMILES string of the molecule is NC(=O)[C@]1(Cc2ccccc2-c2ccccc2)CCN(C(=O)c2cnccn2)C1. The van der Waals surface area contributed by atoms with Crippen molar-refractivity contribution in [2.24, 2.45) is 11.1 Å². The van der Waals surface area contributed by atoms with Gasteiger partial charge in [0.15, 0.2) is 0 Å². The van der Waals surface area contributed by atoms with Gasteiger partial charge in [0, 0.05) is 25.5 Å². The van der Waals surface area contributed by atoms with Crippen LogP contribution in [-0.2, 0) is 11.2 Å². The summed E-state index contributed by atoms with van der Waals surface area (Å²) < 4.78 is 0. The molecule has 6 nitrogen and oxygen atoms in total. The minimum absolute atomic E-state index is 0.224. The zero-order valence-corrected chi connectivity index (χ0v) is 16.0. The van der Waals surface area contributed by atoms with Crippen LogP contribution in [-0.4, -0.2) is 39.8 Å². The first-order valence-electron chi connectivity index (χ1n) is 9.58. The molecule has 2 amide bonds. The van der Waals surface area contributed by atoms with E-state index in [1.807, 2.05) is 48.5 Å². The number of carbonyl (C=O) groups is 2. The lowest BCUT2D eigenvalue weighted by atomic mass is 9.78. The highest BCUT2D eigenvalue weighted by Gasteiger charge is 2.45. The van der Waals surface area contributed by atoms with Crippen LogP contribution < -0.4 is 5.73 Å². The van der Waals surface area contributed by atoms with E-state index >= 15 is 0 Å². The van der Waals surface area contributed by atoms with Crippen LogP contribution in [0.5, 0.6) is 0 Å². The average molecular weight is 386 g/mol. The van der Waals surface area contributed by atoms with E-state index in [9.17, 15) is 9.59 Å². The molecule has 2 aromatic carbocycles. The number of nitrogens with two attached hydrogens (primary N) is 1. The van der Waals surface area contributed by atoms with Gasteiger partial charge in [-0.2, -0.15) is 0 Å². The fraction of sp³-hybridized carbons (Fsp3) is 0.217. The lowest BCUT2D eigenvalue weighted by Crippen LogP contribution is -2.42. The summed E-state index contributed by atoms with van der Waals surface area (Å²) in [5, 5.41) is 0. The molecular weight excluding hydrogens is 364 g/mol. The fourth-order valence-corrected chi connectivity index (χ4v) is 3.99. The molecule has 1 atom stereocenters. The topological polar surface area (TPSA) is 89.2 Å². The molecule has 1 fully saturated rings. The van der Waals surface area contributed by atoms with Crippen LogP contribution in [0.2, 0.25) is 0 Å². The average Bonchev–Trinajstić information content (AvgIpc) is 3.20. The predicted octanol–water partition coefficient (Wildman–Crippen LogP) is 2.70. The van der Waals surface area contributed by atoms with E-state index in [-0.39, 0.29) is 24.1 Å². The van der Waals surface area contributed by atoms with E-state index in [0.29, 0.717) is 19.4 Å². The van der Waals surface area contributed by atoms with E-state index in [1.54, 1.807) is 4.90 Å². The normalized spacial score (nSPS) is 18.6. The quantitative estimate of drug-likeness (QED) is 0.730. The summed E-state index contributed by atoms with van der Waals surface area (Å²) in [7, 11) is 0. The largest absolute Gasteiger partial charge is 0.369 e. The van der Waals surface area contributed by atoms with Crippen LogP contribution in [0.25, 0.3) is 11.1 Å². The molecule has 1 aliphatic heterocycles. The summed E-state index contributed by atoms with van der Waals surface area (Å²) in [6.45, 7) is 0.743. The van der Waals surface area contributed by atoms with E-state index in [0.717, 1.165) is 16.7 Å². The second kappa shape index (κ2) is 7.83. The first-order chi connectivity index (χ1) is 14.1. The molecule has 1 aromatic heterocycles. The Morgan fingerprint density at radius 3 is 2.52 bits per heavy atom. The van der Waals surface area contributed by atoms with Crippen molar-refractivity contribution in [3.63, 3.8) is 0 Å². The lowest BCUT2D eigenvalue weighted by Gasteiger charge is -2.27. The highest BCUT2D eigenvalue weighted by atomic mass is 16.2. The molecule has 6 heteroatoms. The third kappa shape index (κ3) is 3.74. The molecule has 3 aromatic rings. The summed E-state index contributed by atoms with van der Waals surface area (Å²) in [5.74, 6) is -0.604. The zero-order chi connectivity index (χ0) is 20.3. The van der Waals surface area contributed by atoms with Gasteiger partial charge in [-0.1, -0.05) is 54.6 Å². The van der Waals surface area contributed by atoms with Gasteiger partial charge in [-0.25, -0.2) is 4.98 Å². The Hall–Kier alpha value is -3.54. The molecule has 0 spiro atoms. The molecule has 1 aliphatic rings. The molecule has 0 unspecified atom stereocenters. The standard InChI is InChI=1S/C23H22N4O2/c24-22(29)23(10-13-27(16-23)21(28)20-15-25-11-12-26-20)14-18-8-4-5-9-19(18)17-6-2-1-3-7-17/h1-9,11-12,15H,10,13-14,16H2,(H2,24,29)/t23-/m0/s1. The van der Waals surface area contributed by atoms with Gasteiger partial charge >= 0.3 is 0 Å². The maximum absolute atomic E-state index is 12.8. The van der Waals surface area contributed by atoms with Crippen LogP contribution in [0.3, 0.4) is 0 Å². The number of rotatable bonds is 5. The second-order valence-corrected chi connectivity index (χ2v) is 7.41. The summed E-state index contributed by atoms with van der Waals surface area (Å²) >= 11 is 0. The Morgan fingerprint density at radius 2 is 1.79 bits per heavy atom. The van der Waals surface area contributed by atoms with Gasteiger partial charge in [0.05, 0.1) is 11.6 Å². The third-order valence-corrected chi connectivity index (χ3v) is 5.58.